The molecule has 12 heavy (non-hydrogen) atoms. The standard InChI is InChI=1S/C7H6F2O2S/c8-6-2-1-5(3-7(6)9)4-12(10)11/h1-3,12H,4H2. The molecule has 0 N–H and O–H groups in total. The summed E-state index contributed by atoms with van der Waals surface area (Å²) in [5.41, 5.74) is 0.255. The largest absolute Gasteiger partial charge is 0.232 e. The summed E-state index contributed by atoms with van der Waals surface area (Å²) in [7, 11) is -2.59. The number of thiol groups is 1. The molecule has 0 bridgehead atoms. The highest BCUT2D eigenvalue weighted by atomic mass is 32.2. The van der Waals surface area contributed by atoms with Crippen molar-refractivity contribution in [2.24, 2.45) is 0 Å². The summed E-state index contributed by atoms with van der Waals surface area (Å²) in [5, 5.41) is 0. The summed E-state index contributed by atoms with van der Waals surface area (Å²) >= 11 is 0. The highest BCUT2D eigenvalue weighted by Crippen LogP contribution is 2.08. The lowest BCUT2D eigenvalue weighted by Gasteiger charge is -1.95. The molecular formula is C7H6F2O2S. The number of hydrogen-bond donors (Lipinski definition) is 1. The second-order valence-electron chi connectivity index (χ2n) is 2.24. The molecule has 0 aromatic heterocycles. The molecule has 0 aliphatic carbocycles. The normalized spacial score (nSPS) is 10.6. The Morgan fingerprint density at radius 1 is 1.17 bits per heavy atom. The molecule has 1 aromatic rings. The molecule has 0 aliphatic heterocycles. The molecule has 2 nitrogen and oxygen atoms in total. The minimum absolute atomic E-state index is 0.255. The second kappa shape index (κ2) is 3.62. The number of hydrogen-bond acceptors (Lipinski definition) is 2. The fourth-order valence-corrected chi connectivity index (χ4v) is 1.28. The van der Waals surface area contributed by atoms with Crippen molar-refractivity contribution in [2.45, 2.75) is 5.75 Å². The minimum Gasteiger partial charge on any atom is -0.232 e. The van der Waals surface area contributed by atoms with Crippen molar-refractivity contribution in [3.05, 3.63) is 35.4 Å². The Bertz CT molecular complexity index is 352. The van der Waals surface area contributed by atoms with E-state index >= 15 is 0 Å². The first-order chi connectivity index (χ1) is 5.59. The van der Waals surface area contributed by atoms with Crippen LogP contribution in [0.3, 0.4) is 0 Å². The maximum Gasteiger partial charge on any atom is 0.159 e. The van der Waals surface area contributed by atoms with Gasteiger partial charge in [0.2, 0.25) is 0 Å². The molecule has 0 saturated carbocycles. The number of benzene rings is 1. The Morgan fingerprint density at radius 3 is 2.33 bits per heavy atom. The van der Waals surface area contributed by atoms with Crippen LogP contribution in [0.1, 0.15) is 5.56 Å². The zero-order chi connectivity index (χ0) is 9.14. The first-order valence-electron chi connectivity index (χ1n) is 3.15. The minimum atomic E-state index is -2.59. The van der Waals surface area contributed by atoms with E-state index in [1.165, 1.54) is 6.07 Å². The van der Waals surface area contributed by atoms with E-state index < -0.39 is 22.3 Å². The Labute approximate surface area is 69.8 Å². The topological polar surface area (TPSA) is 34.1 Å². The van der Waals surface area contributed by atoms with Crippen LogP contribution >= 0.6 is 0 Å². The molecule has 0 amide bonds. The first kappa shape index (κ1) is 9.12. The maximum atomic E-state index is 12.5. The van der Waals surface area contributed by atoms with Gasteiger partial charge >= 0.3 is 0 Å². The zero-order valence-electron chi connectivity index (χ0n) is 5.96. The van der Waals surface area contributed by atoms with Gasteiger partial charge in [-0.05, 0) is 17.7 Å². The first-order valence-corrected chi connectivity index (χ1v) is 4.51. The lowest BCUT2D eigenvalue weighted by molar-refractivity contribution is 0.507. The van der Waals surface area contributed by atoms with E-state index in [-0.39, 0.29) is 11.3 Å². The second-order valence-corrected chi connectivity index (χ2v) is 3.22. The smallest absolute Gasteiger partial charge is 0.159 e. The van der Waals surface area contributed by atoms with Crippen LogP contribution < -0.4 is 0 Å². The molecule has 0 unspecified atom stereocenters. The average Bonchev–Trinajstić information content (AvgIpc) is 1.96. The van der Waals surface area contributed by atoms with Crippen molar-refractivity contribution in [1.29, 1.82) is 0 Å². The van der Waals surface area contributed by atoms with Crippen molar-refractivity contribution >= 4 is 10.7 Å². The maximum absolute atomic E-state index is 12.5. The monoisotopic (exact) mass is 192 g/mol. The summed E-state index contributed by atoms with van der Waals surface area (Å²) in [5.74, 6) is -2.25. The van der Waals surface area contributed by atoms with Crippen molar-refractivity contribution in [2.75, 3.05) is 0 Å². The van der Waals surface area contributed by atoms with E-state index in [4.69, 9.17) is 0 Å². The van der Waals surface area contributed by atoms with Gasteiger partial charge in [-0.15, -0.1) is 0 Å². The lowest BCUT2D eigenvalue weighted by Crippen LogP contribution is -1.90. The van der Waals surface area contributed by atoms with Gasteiger partial charge in [0.25, 0.3) is 0 Å². The van der Waals surface area contributed by atoms with Crippen LogP contribution in [-0.2, 0) is 16.5 Å². The predicted octanol–water partition coefficient (Wildman–Crippen LogP) is 1.08. The quantitative estimate of drug-likeness (QED) is 0.711. The fourth-order valence-electron chi connectivity index (χ4n) is 0.787. The van der Waals surface area contributed by atoms with E-state index in [2.05, 4.69) is 0 Å². The molecule has 0 heterocycles. The molecule has 0 spiro atoms. The zero-order valence-corrected chi connectivity index (χ0v) is 6.85. The summed E-state index contributed by atoms with van der Waals surface area (Å²) in [6, 6.07) is 3.02. The number of rotatable bonds is 2. The van der Waals surface area contributed by atoms with Crippen LogP contribution in [0, 0.1) is 11.6 Å². The third-order valence-corrected chi connectivity index (χ3v) is 1.92. The van der Waals surface area contributed by atoms with Crippen molar-refractivity contribution in [3.8, 4) is 0 Å². The molecule has 0 atom stereocenters. The van der Waals surface area contributed by atoms with Crippen LogP contribution in [0.4, 0.5) is 8.78 Å². The van der Waals surface area contributed by atoms with Crippen LogP contribution in [0.15, 0.2) is 18.2 Å². The Morgan fingerprint density at radius 2 is 1.83 bits per heavy atom. The SMILES string of the molecule is O=[SH](=O)Cc1ccc(F)c(F)c1. The molecule has 66 valence electrons. The van der Waals surface area contributed by atoms with Crippen molar-refractivity contribution < 1.29 is 17.2 Å². The molecule has 0 radical (unpaired) electrons. The third kappa shape index (κ3) is 2.27. The fraction of sp³-hybridized carbons (Fsp3) is 0.143. The van der Waals surface area contributed by atoms with Crippen LogP contribution in [0.2, 0.25) is 0 Å². The van der Waals surface area contributed by atoms with E-state index in [0.717, 1.165) is 12.1 Å². The Balaban J connectivity index is 2.97. The van der Waals surface area contributed by atoms with Gasteiger partial charge in [-0.3, -0.25) is 0 Å². The van der Waals surface area contributed by atoms with E-state index in [1.807, 2.05) is 0 Å². The highest BCUT2D eigenvalue weighted by Gasteiger charge is 2.02. The molecule has 1 rings (SSSR count). The van der Waals surface area contributed by atoms with Crippen molar-refractivity contribution in [3.63, 3.8) is 0 Å². The molecule has 0 saturated heterocycles. The molecule has 5 heteroatoms. The van der Waals surface area contributed by atoms with Crippen LogP contribution in [0.25, 0.3) is 0 Å². The number of halogens is 2. The summed E-state index contributed by atoms with van der Waals surface area (Å²) < 4.78 is 45.1. The molecular weight excluding hydrogens is 186 g/mol. The highest BCUT2D eigenvalue weighted by molar-refractivity contribution is 7.71. The predicted molar refractivity (Wildman–Crippen MR) is 40.4 cm³/mol. The Hall–Kier alpha value is -0.970. The van der Waals surface area contributed by atoms with Gasteiger partial charge in [0.05, 0.1) is 5.75 Å². The summed E-state index contributed by atoms with van der Waals surface area (Å²) in [4.78, 5) is 0. The summed E-state index contributed by atoms with van der Waals surface area (Å²) in [6.45, 7) is 0. The van der Waals surface area contributed by atoms with Gasteiger partial charge in [0, 0.05) is 0 Å². The van der Waals surface area contributed by atoms with Gasteiger partial charge < -0.3 is 0 Å². The van der Waals surface area contributed by atoms with E-state index in [9.17, 15) is 17.2 Å². The average molecular weight is 192 g/mol. The lowest BCUT2D eigenvalue weighted by atomic mass is 10.2. The summed E-state index contributed by atoms with van der Waals surface area (Å²) in [6.07, 6.45) is 0. The van der Waals surface area contributed by atoms with Crippen molar-refractivity contribution in [1.82, 2.24) is 0 Å². The van der Waals surface area contributed by atoms with Gasteiger partial charge in [0.15, 0.2) is 11.6 Å². The van der Waals surface area contributed by atoms with Crippen LogP contribution in [0.5, 0.6) is 0 Å². The van der Waals surface area contributed by atoms with Gasteiger partial charge in [-0.2, -0.15) is 0 Å². The third-order valence-electron chi connectivity index (χ3n) is 1.30. The van der Waals surface area contributed by atoms with E-state index in [1.54, 1.807) is 0 Å². The Kier molecular flexibility index (Phi) is 2.75. The molecule has 0 fully saturated rings. The van der Waals surface area contributed by atoms with Gasteiger partial charge in [-0.1, -0.05) is 6.07 Å². The van der Waals surface area contributed by atoms with E-state index in [0.29, 0.717) is 0 Å². The van der Waals surface area contributed by atoms with Gasteiger partial charge in [0.1, 0.15) is 10.7 Å². The molecule has 0 aliphatic rings. The molecule has 1 aromatic carbocycles. The van der Waals surface area contributed by atoms with Gasteiger partial charge in [-0.25, -0.2) is 17.2 Å². The van der Waals surface area contributed by atoms with Crippen LogP contribution in [-0.4, -0.2) is 8.42 Å².